The number of nitrogens with zero attached hydrogens (tertiary/aromatic N) is 1. The molecule has 0 aromatic carbocycles. The molecule has 0 fully saturated rings. The van der Waals surface area contributed by atoms with Gasteiger partial charge in [0.2, 0.25) is 0 Å². The molecule has 5 heteroatoms. The molecule has 0 amide bonds. The Morgan fingerprint density at radius 2 is 2.06 bits per heavy atom. The van der Waals surface area contributed by atoms with Crippen molar-refractivity contribution in [3.63, 3.8) is 0 Å². The van der Waals surface area contributed by atoms with Crippen LogP contribution in [-0.4, -0.2) is 28.9 Å². The summed E-state index contributed by atoms with van der Waals surface area (Å²) in [4.78, 5) is 4.27. The van der Waals surface area contributed by atoms with Gasteiger partial charge in [0, 0.05) is 18.0 Å². The van der Waals surface area contributed by atoms with Gasteiger partial charge in [-0.05, 0) is 25.5 Å². The molecule has 0 bridgehead atoms. The third-order valence-electron chi connectivity index (χ3n) is 2.64. The summed E-state index contributed by atoms with van der Waals surface area (Å²) in [6.07, 6.45) is 2.54. The SMILES string of the molecule is CCOc1cccnc1NC(CC)(CCl)CCl. The lowest BCUT2D eigenvalue weighted by atomic mass is 10.0. The van der Waals surface area contributed by atoms with Gasteiger partial charge in [0.15, 0.2) is 11.6 Å². The van der Waals surface area contributed by atoms with Crippen LogP contribution in [-0.2, 0) is 0 Å². The highest BCUT2D eigenvalue weighted by molar-refractivity contribution is 6.22. The van der Waals surface area contributed by atoms with Gasteiger partial charge in [-0.15, -0.1) is 23.2 Å². The minimum absolute atomic E-state index is 0.344. The fourth-order valence-corrected chi connectivity index (χ4v) is 2.18. The van der Waals surface area contributed by atoms with E-state index in [2.05, 4.69) is 10.3 Å². The number of halogens is 2. The van der Waals surface area contributed by atoms with Gasteiger partial charge < -0.3 is 10.1 Å². The monoisotopic (exact) mass is 276 g/mol. The first-order chi connectivity index (χ1) is 8.21. The van der Waals surface area contributed by atoms with Crippen molar-refractivity contribution in [3.8, 4) is 5.75 Å². The maximum absolute atomic E-state index is 5.99. The zero-order valence-electron chi connectivity index (χ0n) is 10.2. The Morgan fingerprint density at radius 1 is 1.35 bits per heavy atom. The number of ether oxygens (including phenoxy) is 1. The van der Waals surface area contributed by atoms with Gasteiger partial charge >= 0.3 is 0 Å². The van der Waals surface area contributed by atoms with Crippen LogP contribution in [0.2, 0.25) is 0 Å². The van der Waals surface area contributed by atoms with Gasteiger partial charge in [-0.1, -0.05) is 6.92 Å². The molecule has 0 saturated carbocycles. The van der Waals surface area contributed by atoms with Crippen molar-refractivity contribution in [1.82, 2.24) is 4.98 Å². The van der Waals surface area contributed by atoms with Crippen LogP contribution < -0.4 is 10.1 Å². The van der Waals surface area contributed by atoms with Crippen molar-refractivity contribution in [2.75, 3.05) is 23.7 Å². The molecule has 1 rings (SSSR count). The van der Waals surface area contributed by atoms with Crippen LogP contribution in [0.3, 0.4) is 0 Å². The smallest absolute Gasteiger partial charge is 0.169 e. The van der Waals surface area contributed by atoms with Crippen molar-refractivity contribution in [2.45, 2.75) is 25.8 Å². The Hall–Kier alpha value is -0.670. The Bertz CT molecular complexity index is 335. The second kappa shape index (κ2) is 6.92. The molecule has 0 radical (unpaired) electrons. The topological polar surface area (TPSA) is 34.1 Å². The van der Waals surface area contributed by atoms with E-state index in [0.717, 1.165) is 12.2 Å². The van der Waals surface area contributed by atoms with E-state index in [1.807, 2.05) is 26.0 Å². The third kappa shape index (κ3) is 3.65. The van der Waals surface area contributed by atoms with Gasteiger partial charge in [-0.3, -0.25) is 0 Å². The first-order valence-corrected chi connectivity index (χ1v) is 6.76. The van der Waals surface area contributed by atoms with Crippen LogP contribution in [0.4, 0.5) is 5.82 Å². The zero-order chi connectivity index (χ0) is 12.7. The number of nitrogens with one attached hydrogen (secondary N) is 1. The molecular weight excluding hydrogens is 259 g/mol. The normalized spacial score (nSPS) is 11.3. The molecule has 1 aromatic rings. The van der Waals surface area contributed by atoms with Crippen molar-refractivity contribution in [3.05, 3.63) is 18.3 Å². The summed E-state index contributed by atoms with van der Waals surface area (Å²) in [6, 6.07) is 3.72. The van der Waals surface area contributed by atoms with E-state index in [9.17, 15) is 0 Å². The van der Waals surface area contributed by atoms with Crippen molar-refractivity contribution in [1.29, 1.82) is 0 Å². The van der Waals surface area contributed by atoms with E-state index in [-0.39, 0.29) is 5.54 Å². The van der Waals surface area contributed by atoms with Gasteiger partial charge in [0.25, 0.3) is 0 Å². The summed E-state index contributed by atoms with van der Waals surface area (Å²) < 4.78 is 5.51. The molecule has 1 aromatic heterocycles. The maximum Gasteiger partial charge on any atom is 0.169 e. The summed E-state index contributed by atoms with van der Waals surface area (Å²) in [7, 11) is 0. The Kier molecular flexibility index (Phi) is 5.86. The molecule has 0 aliphatic carbocycles. The first-order valence-electron chi connectivity index (χ1n) is 5.69. The lowest BCUT2D eigenvalue weighted by Crippen LogP contribution is -2.42. The minimum Gasteiger partial charge on any atom is -0.490 e. The molecule has 17 heavy (non-hydrogen) atoms. The molecule has 0 aliphatic rings. The van der Waals surface area contributed by atoms with Crippen LogP contribution in [0.1, 0.15) is 20.3 Å². The number of rotatable bonds is 7. The highest BCUT2D eigenvalue weighted by Gasteiger charge is 2.27. The number of hydrogen-bond acceptors (Lipinski definition) is 3. The fraction of sp³-hybridized carbons (Fsp3) is 0.583. The Balaban J connectivity index is 2.92. The van der Waals surface area contributed by atoms with Crippen LogP contribution in [0.5, 0.6) is 5.75 Å². The minimum atomic E-state index is -0.344. The number of pyridine rings is 1. The van der Waals surface area contributed by atoms with E-state index in [4.69, 9.17) is 27.9 Å². The Morgan fingerprint density at radius 3 is 2.59 bits per heavy atom. The highest BCUT2D eigenvalue weighted by Crippen LogP contribution is 2.27. The number of anilines is 1. The predicted molar refractivity (Wildman–Crippen MR) is 73.5 cm³/mol. The maximum atomic E-state index is 5.99. The summed E-state index contributed by atoms with van der Waals surface area (Å²) in [5, 5.41) is 3.29. The Labute approximate surface area is 112 Å². The quantitative estimate of drug-likeness (QED) is 0.774. The number of alkyl halides is 2. The van der Waals surface area contributed by atoms with E-state index in [0.29, 0.717) is 24.2 Å². The average Bonchev–Trinajstić information content (AvgIpc) is 2.38. The van der Waals surface area contributed by atoms with Gasteiger partial charge in [0.05, 0.1) is 12.1 Å². The standard InChI is InChI=1S/C12H18Cl2N2O/c1-3-12(8-13,9-14)16-11-10(17-4-2)6-5-7-15-11/h5-7H,3-4,8-9H2,1-2H3,(H,15,16). The lowest BCUT2D eigenvalue weighted by molar-refractivity contribution is 0.339. The van der Waals surface area contributed by atoms with Crippen LogP contribution in [0, 0.1) is 0 Å². The van der Waals surface area contributed by atoms with Crippen LogP contribution in [0.15, 0.2) is 18.3 Å². The van der Waals surface area contributed by atoms with E-state index < -0.39 is 0 Å². The van der Waals surface area contributed by atoms with E-state index in [1.54, 1.807) is 6.20 Å². The summed E-state index contributed by atoms with van der Waals surface area (Å²) in [5.41, 5.74) is -0.344. The van der Waals surface area contributed by atoms with Gasteiger partial charge in [-0.25, -0.2) is 4.98 Å². The van der Waals surface area contributed by atoms with Crippen molar-refractivity contribution >= 4 is 29.0 Å². The van der Waals surface area contributed by atoms with Gasteiger partial charge in [0.1, 0.15) is 0 Å². The number of hydrogen-bond donors (Lipinski definition) is 1. The summed E-state index contributed by atoms with van der Waals surface area (Å²) in [6.45, 7) is 4.58. The first kappa shape index (κ1) is 14.4. The summed E-state index contributed by atoms with van der Waals surface area (Å²) in [5.74, 6) is 2.27. The molecular formula is C12H18Cl2N2O. The predicted octanol–water partition coefficient (Wildman–Crippen LogP) is 3.52. The van der Waals surface area contributed by atoms with Crippen LogP contribution >= 0.6 is 23.2 Å². The molecule has 1 heterocycles. The third-order valence-corrected chi connectivity index (χ3v) is 3.67. The van der Waals surface area contributed by atoms with Crippen LogP contribution in [0.25, 0.3) is 0 Å². The molecule has 96 valence electrons. The number of aromatic nitrogens is 1. The molecule has 0 saturated heterocycles. The molecule has 1 N–H and O–H groups in total. The van der Waals surface area contributed by atoms with Crippen molar-refractivity contribution in [2.24, 2.45) is 0 Å². The highest BCUT2D eigenvalue weighted by atomic mass is 35.5. The zero-order valence-corrected chi connectivity index (χ0v) is 11.7. The summed E-state index contributed by atoms with van der Waals surface area (Å²) >= 11 is 12.0. The second-order valence-electron chi connectivity index (χ2n) is 3.81. The molecule has 0 spiro atoms. The fourth-order valence-electron chi connectivity index (χ4n) is 1.39. The average molecular weight is 277 g/mol. The molecule has 0 unspecified atom stereocenters. The largest absolute Gasteiger partial charge is 0.490 e. The van der Waals surface area contributed by atoms with Crippen molar-refractivity contribution < 1.29 is 4.74 Å². The molecule has 0 atom stereocenters. The second-order valence-corrected chi connectivity index (χ2v) is 4.34. The molecule has 0 aliphatic heterocycles. The lowest BCUT2D eigenvalue weighted by Gasteiger charge is -2.30. The molecule has 3 nitrogen and oxygen atoms in total. The van der Waals surface area contributed by atoms with E-state index >= 15 is 0 Å². The van der Waals surface area contributed by atoms with Gasteiger partial charge in [-0.2, -0.15) is 0 Å². The van der Waals surface area contributed by atoms with E-state index in [1.165, 1.54) is 0 Å².